The number of ether oxygens (including phenoxy) is 1. The van der Waals surface area contributed by atoms with Gasteiger partial charge >= 0.3 is 0 Å². The van der Waals surface area contributed by atoms with Crippen molar-refractivity contribution in [2.75, 3.05) is 11.5 Å². The molecule has 0 unspecified atom stereocenters. The van der Waals surface area contributed by atoms with Crippen LogP contribution in [0, 0.1) is 5.82 Å². The summed E-state index contributed by atoms with van der Waals surface area (Å²) >= 11 is 6.19. The zero-order chi connectivity index (χ0) is 19.0. The number of thioether (sulfide) groups is 1. The monoisotopic (exact) mass is 400 g/mol. The SMILES string of the molecule is O=C1NC(=S)S/C1=C/c1ccc2c(c1)N(Cc1ccc(F)cc1)C(=O)CO2. The molecule has 4 rings (SSSR count). The van der Waals surface area contributed by atoms with Gasteiger partial charge in [0, 0.05) is 0 Å². The van der Waals surface area contributed by atoms with Gasteiger partial charge in [0.25, 0.3) is 11.8 Å². The minimum absolute atomic E-state index is 0.0544. The lowest BCUT2D eigenvalue weighted by atomic mass is 10.1. The summed E-state index contributed by atoms with van der Waals surface area (Å²) in [5, 5.41) is 2.57. The number of thiocarbonyl (C=S) groups is 1. The Kier molecular flexibility index (Phi) is 4.67. The molecule has 1 saturated heterocycles. The molecule has 0 aliphatic carbocycles. The molecule has 2 aromatic rings. The maximum atomic E-state index is 13.1. The smallest absolute Gasteiger partial charge is 0.265 e. The van der Waals surface area contributed by atoms with Crippen molar-refractivity contribution in [2.24, 2.45) is 0 Å². The van der Waals surface area contributed by atoms with Gasteiger partial charge in [0.15, 0.2) is 6.61 Å². The highest BCUT2D eigenvalue weighted by Crippen LogP contribution is 2.35. The molecular formula is C19H13FN2O3S2. The molecule has 2 aliphatic rings. The summed E-state index contributed by atoms with van der Waals surface area (Å²) < 4.78 is 19.1. The first-order chi connectivity index (χ1) is 13.0. The molecule has 8 heteroatoms. The van der Waals surface area contributed by atoms with Crippen molar-refractivity contribution in [1.29, 1.82) is 0 Å². The van der Waals surface area contributed by atoms with E-state index in [-0.39, 0.29) is 24.2 Å². The van der Waals surface area contributed by atoms with Crippen molar-refractivity contribution in [3.05, 3.63) is 64.3 Å². The van der Waals surface area contributed by atoms with Gasteiger partial charge in [-0.1, -0.05) is 42.2 Å². The lowest BCUT2D eigenvalue weighted by Crippen LogP contribution is -2.38. The molecule has 2 aromatic carbocycles. The average molecular weight is 400 g/mol. The summed E-state index contributed by atoms with van der Waals surface area (Å²) in [6, 6.07) is 11.4. The van der Waals surface area contributed by atoms with E-state index in [9.17, 15) is 14.0 Å². The molecule has 136 valence electrons. The molecule has 0 saturated carbocycles. The van der Waals surface area contributed by atoms with E-state index in [0.29, 0.717) is 27.2 Å². The van der Waals surface area contributed by atoms with Crippen molar-refractivity contribution >= 4 is 51.9 Å². The van der Waals surface area contributed by atoms with E-state index in [4.69, 9.17) is 17.0 Å². The van der Waals surface area contributed by atoms with Crippen LogP contribution in [0.25, 0.3) is 6.08 Å². The van der Waals surface area contributed by atoms with Crippen molar-refractivity contribution in [2.45, 2.75) is 6.54 Å². The van der Waals surface area contributed by atoms with Crippen molar-refractivity contribution in [3.8, 4) is 5.75 Å². The van der Waals surface area contributed by atoms with Gasteiger partial charge in [-0.3, -0.25) is 9.59 Å². The highest BCUT2D eigenvalue weighted by Gasteiger charge is 2.27. The zero-order valence-corrected chi connectivity index (χ0v) is 15.5. The fourth-order valence-electron chi connectivity index (χ4n) is 2.83. The van der Waals surface area contributed by atoms with E-state index in [1.165, 1.54) is 23.9 Å². The largest absolute Gasteiger partial charge is 0.482 e. The Balaban J connectivity index is 1.67. The maximum Gasteiger partial charge on any atom is 0.265 e. The number of benzene rings is 2. The van der Waals surface area contributed by atoms with Gasteiger partial charge < -0.3 is 15.0 Å². The van der Waals surface area contributed by atoms with Crippen molar-refractivity contribution < 1.29 is 18.7 Å². The number of halogens is 1. The van der Waals surface area contributed by atoms with Gasteiger partial charge in [0.1, 0.15) is 15.9 Å². The number of hydrogen-bond donors (Lipinski definition) is 1. The molecule has 2 heterocycles. The second kappa shape index (κ2) is 7.13. The summed E-state index contributed by atoms with van der Waals surface area (Å²) in [6.45, 7) is 0.246. The van der Waals surface area contributed by atoms with Gasteiger partial charge in [-0.15, -0.1) is 0 Å². The van der Waals surface area contributed by atoms with Crippen LogP contribution in [0.3, 0.4) is 0 Å². The third-order valence-corrected chi connectivity index (χ3v) is 5.28. The van der Waals surface area contributed by atoms with Gasteiger partial charge in [0.2, 0.25) is 0 Å². The summed E-state index contributed by atoms with van der Waals surface area (Å²) in [4.78, 5) is 26.4. The predicted molar refractivity (Wildman–Crippen MR) is 106 cm³/mol. The highest BCUT2D eigenvalue weighted by atomic mass is 32.2. The Morgan fingerprint density at radius 3 is 2.70 bits per heavy atom. The fraction of sp³-hybridized carbons (Fsp3) is 0.105. The van der Waals surface area contributed by atoms with Crippen LogP contribution in [-0.4, -0.2) is 22.7 Å². The van der Waals surface area contributed by atoms with Crippen LogP contribution in [0.5, 0.6) is 5.75 Å². The number of hydrogen-bond acceptors (Lipinski definition) is 5. The second-order valence-electron chi connectivity index (χ2n) is 5.97. The average Bonchev–Trinajstić information content (AvgIpc) is 2.96. The van der Waals surface area contributed by atoms with Crippen molar-refractivity contribution in [1.82, 2.24) is 5.32 Å². The molecule has 5 nitrogen and oxygen atoms in total. The minimum Gasteiger partial charge on any atom is -0.482 e. The van der Waals surface area contributed by atoms with Gasteiger partial charge in [-0.05, 0) is 41.5 Å². The van der Waals surface area contributed by atoms with E-state index in [2.05, 4.69) is 5.32 Å². The summed E-state index contributed by atoms with van der Waals surface area (Å²) in [5.41, 5.74) is 2.16. The lowest BCUT2D eigenvalue weighted by molar-refractivity contribution is -0.121. The Hall–Kier alpha value is -2.71. The standard InChI is InChI=1S/C19H13FN2O3S2/c20-13-4-1-11(2-5-13)9-22-14-7-12(3-6-15(14)25-10-17(22)23)8-16-18(24)21-19(26)27-16/h1-8H,9-10H2,(H,21,24,26)/b16-8+. The first kappa shape index (κ1) is 17.7. The Bertz CT molecular complexity index is 989. The van der Waals surface area contributed by atoms with Crippen LogP contribution in [0.1, 0.15) is 11.1 Å². The second-order valence-corrected chi connectivity index (χ2v) is 7.69. The number of carbonyl (C=O) groups excluding carboxylic acids is 2. The van der Waals surface area contributed by atoms with Crippen LogP contribution in [-0.2, 0) is 16.1 Å². The lowest BCUT2D eigenvalue weighted by Gasteiger charge is -2.29. The molecule has 0 bridgehead atoms. The highest BCUT2D eigenvalue weighted by molar-refractivity contribution is 8.26. The number of carbonyl (C=O) groups is 2. The third-order valence-electron chi connectivity index (χ3n) is 4.12. The Labute approximate surface area is 164 Å². The number of nitrogens with one attached hydrogen (secondary N) is 1. The topological polar surface area (TPSA) is 58.6 Å². The third kappa shape index (κ3) is 3.72. The van der Waals surface area contributed by atoms with Crippen LogP contribution in [0.15, 0.2) is 47.4 Å². The molecule has 27 heavy (non-hydrogen) atoms. The number of amides is 2. The molecule has 0 radical (unpaired) electrons. The first-order valence-corrected chi connectivity index (χ1v) is 9.28. The molecule has 1 N–H and O–H groups in total. The van der Waals surface area contributed by atoms with E-state index >= 15 is 0 Å². The number of anilines is 1. The van der Waals surface area contributed by atoms with Gasteiger partial charge in [-0.2, -0.15) is 0 Å². The predicted octanol–water partition coefficient (Wildman–Crippen LogP) is 3.24. The van der Waals surface area contributed by atoms with Gasteiger partial charge in [0.05, 0.1) is 17.1 Å². The van der Waals surface area contributed by atoms with E-state index in [1.807, 2.05) is 6.07 Å². The van der Waals surface area contributed by atoms with Gasteiger partial charge in [-0.25, -0.2) is 4.39 Å². The molecule has 2 amide bonds. The first-order valence-electron chi connectivity index (χ1n) is 8.06. The van der Waals surface area contributed by atoms with Crippen LogP contribution in [0.2, 0.25) is 0 Å². The van der Waals surface area contributed by atoms with Crippen LogP contribution >= 0.6 is 24.0 Å². The molecule has 0 aromatic heterocycles. The molecule has 0 atom stereocenters. The fourth-order valence-corrected chi connectivity index (χ4v) is 3.87. The molecule has 0 spiro atoms. The Morgan fingerprint density at radius 1 is 1.22 bits per heavy atom. The van der Waals surface area contributed by atoms with Crippen LogP contribution in [0.4, 0.5) is 10.1 Å². The van der Waals surface area contributed by atoms with Crippen LogP contribution < -0.4 is 15.0 Å². The van der Waals surface area contributed by atoms with E-state index in [0.717, 1.165) is 11.1 Å². The minimum atomic E-state index is -0.327. The maximum absolute atomic E-state index is 13.1. The quantitative estimate of drug-likeness (QED) is 0.633. The molecule has 1 fully saturated rings. The van der Waals surface area contributed by atoms with E-state index < -0.39 is 0 Å². The summed E-state index contributed by atoms with van der Waals surface area (Å²) in [6.07, 6.45) is 1.72. The zero-order valence-electron chi connectivity index (χ0n) is 13.9. The normalized spacial score (nSPS) is 17.7. The number of rotatable bonds is 3. The summed E-state index contributed by atoms with van der Waals surface area (Å²) in [5.74, 6) is -0.173. The molecular weight excluding hydrogens is 387 g/mol. The van der Waals surface area contributed by atoms with E-state index in [1.54, 1.807) is 35.2 Å². The molecule has 2 aliphatic heterocycles. The van der Waals surface area contributed by atoms with Crippen molar-refractivity contribution in [3.63, 3.8) is 0 Å². The Morgan fingerprint density at radius 2 is 2.00 bits per heavy atom. The summed E-state index contributed by atoms with van der Waals surface area (Å²) in [7, 11) is 0. The number of fused-ring (bicyclic) bond motifs is 1. The number of nitrogens with zero attached hydrogens (tertiary/aromatic N) is 1.